The summed E-state index contributed by atoms with van der Waals surface area (Å²) in [4.78, 5) is 2.32. The summed E-state index contributed by atoms with van der Waals surface area (Å²) in [6, 6.07) is 11.3. The molecule has 1 nitrogen and oxygen atoms in total. The summed E-state index contributed by atoms with van der Waals surface area (Å²) in [5.74, 6) is 0. The van der Waals surface area contributed by atoms with Gasteiger partial charge in [-0.25, -0.2) is 0 Å². The summed E-state index contributed by atoms with van der Waals surface area (Å²) in [6.45, 7) is 0. The van der Waals surface area contributed by atoms with Crippen LogP contribution in [-0.2, 0) is 12.8 Å². The van der Waals surface area contributed by atoms with Crippen molar-refractivity contribution in [2.75, 3.05) is 14.1 Å². The highest BCUT2D eigenvalue weighted by Gasteiger charge is 2.22. The zero-order chi connectivity index (χ0) is 12.0. The number of benzene rings is 2. The third-order valence-corrected chi connectivity index (χ3v) is 4.13. The van der Waals surface area contributed by atoms with Crippen molar-refractivity contribution in [3.63, 3.8) is 0 Å². The van der Waals surface area contributed by atoms with Crippen LogP contribution in [0.1, 0.15) is 11.1 Å². The molecule has 0 aliphatic heterocycles. The highest BCUT2D eigenvalue weighted by molar-refractivity contribution is 6.35. The van der Waals surface area contributed by atoms with Crippen molar-refractivity contribution in [2.24, 2.45) is 0 Å². The first-order valence-corrected chi connectivity index (χ1v) is 6.40. The van der Waals surface area contributed by atoms with Crippen molar-refractivity contribution in [3.05, 3.63) is 46.5 Å². The number of likely N-dealkylation sites (N-methyl/N-ethyl adjacent to an activating group) is 1. The largest absolute Gasteiger partial charge is 0.306 e. The Kier molecular flexibility index (Phi) is 2.61. The lowest BCUT2D eigenvalue weighted by atomic mass is 9.85. The van der Waals surface area contributed by atoms with Gasteiger partial charge in [0, 0.05) is 16.5 Å². The van der Waals surface area contributed by atoms with Gasteiger partial charge in [-0.2, -0.15) is 0 Å². The Hall–Kier alpha value is -1.05. The normalized spacial score (nSPS) is 18.9. The maximum atomic E-state index is 6.27. The van der Waals surface area contributed by atoms with E-state index in [-0.39, 0.29) is 0 Å². The molecule has 0 bridgehead atoms. The van der Waals surface area contributed by atoms with Gasteiger partial charge in [-0.1, -0.05) is 35.9 Å². The molecule has 2 aromatic carbocycles. The minimum atomic E-state index is 0.606. The van der Waals surface area contributed by atoms with E-state index >= 15 is 0 Å². The lowest BCUT2D eigenvalue weighted by Gasteiger charge is -2.30. The molecule has 1 atom stereocenters. The van der Waals surface area contributed by atoms with Crippen LogP contribution in [0.2, 0.25) is 5.02 Å². The van der Waals surface area contributed by atoms with E-state index in [2.05, 4.69) is 43.3 Å². The van der Waals surface area contributed by atoms with Gasteiger partial charge >= 0.3 is 0 Å². The number of halogens is 1. The Bertz CT molecular complexity index is 562. The van der Waals surface area contributed by atoms with Gasteiger partial charge in [0.15, 0.2) is 0 Å². The Morgan fingerprint density at radius 2 is 1.76 bits per heavy atom. The standard InChI is InChI=1S/C15H16ClN/c1-17(2)12-8-10-4-3-5-13-14(16)7-6-11(9-12)15(10)13/h3-7,12H,8-9H2,1-2H3. The minimum Gasteiger partial charge on any atom is -0.306 e. The van der Waals surface area contributed by atoms with E-state index in [0.29, 0.717) is 6.04 Å². The monoisotopic (exact) mass is 245 g/mol. The maximum absolute atomic E-state index is 6.27. The third-order valence-electron chi connectivity index (χ3n) is 3.80. The van der Waals surface area contributed by atoms with Crippen LogP contribution in [0.25, 0.3) is 10.8 Å². The fourth-order valence-corrected chi connectivity index (χ4v) is 3.03. The molecule has 3 rings (SSSR count). The van der Waals surface area contributed by atoms with Crippen molar-refractivity contribution in [3.8, 4) is 0 Å². The minimum absolute atomic E-state index is 0.606. The van der Waals surface area contributed by atoms with Crippen molar-refractivity contribution < 1.29 is 0 Å². The molecular weight excluding hydrogens is 230 g/mol. The zero-order valence-corrected chi connectivity index (χ0v) is 11.0. The molecule has 1 aliphatic rings. The summed E-state index contributed by atoms with van der Waals surface area (Å²) in [5.41, 5.74) is 2.87. The summed E-state index contributed by atoms with van der Waals surface area (Å²) in [6.07, 6.45) is 2.25. The second-order valence-electron chi connectivity index (χ2n) is 5.07. The van der Waals surface area contributed by atoms with Gasteiger partial charge in [0.05, 0.1) is 0 Å². The smallest absolute Gasteiger partial charge is 0.0484 e. The van der Waals surface area contributed by atoms with Crippen LogP contribution >= 0.6 is 11.6 Å². The van der Waals surface area contributed by atoms with E-state index in [9.17, 15) is 0 Å². The zero-order valence-electron chi connectivity index (χ0n) is 10.2. The Morgan fingerprint density at radius 1 is 1.06 bits per heavy atom. The van der Waals surface area contributed by atoms with Gasteiger partial charge in [0.25, 0.3) is 0 Å². The molecule has 0 saturated heterocycles. The van der Waals surface area contributed by atoms with E-state index in [4.69, 9.17) is 11.6 Å². The van der Waals surface area contributed by atoms with Crippen molar-refractivity contribution >= 4 is 22.4 Å². The highest BCUT2D eigenvalue weighted by atomic mass is 35.5. The molecule has 1 unspecified atom stereocenters. The second-order valence-corrected chi connectivity index (χ2v) is 5.48. The quantitative estimate of drug-likeness (QED) is 0.743. The predicted octanol–water partition coefficient (Wildman–Crippen LogP) is 3.52. The van der Waals surface area contributed by atoms with Gasteiger partial charge < -0.3 is 4.90 Å². The number of hydrogen-bond donors (Lipinski definition) is 0. The van der Waals surface area contributed by atoms with Crippen LogP contribution in [0.4, 0.5) is 0 Å². The molecule has 0 fully saturated rings. The van der Waals surface area contributed by atoms with Crippen molar-refractivity contribution in [2.45, 2.75) is 18.9 Å². The van der Waals surface area contributed by atoms with E-state index in [1.54, 1.807) is 0 Å². The Morgan fingerprint density at radius 3 is 2.47 bits per heavy atom. The molecule has 1 aliphatic carbocycles. The average Bonchev–Trinajstić information content (AvgIpc) is 2.33. The molecule has 0 amide bonds. The first kappa shape index (κ1) is 11.1. The molecular formula is C15H16ClN. The molecule has 0 spiro atoms. The molecule has 88 valence electrons. The highest BCUT2D eigenvalue weighted by Crippen LogP contribution is 2.34. The molecule has 0 heterocycles. The van der Waals surface area contributed by atoms with E-state index in [1.165, 1.54) is 21.9 Å². The molecule has 2 aromatic rings. The van der Waals surface area contributed by atoms with Crippen LogP contribution in [0.15, 0.2) is 30.3 Å². The maximum Gasteiger partial charge on any atom is 0.0484 e. The van der Waals surface area contributed by atoms with Gasteiger partial charge in [-0.05, 0) is 49.5 Å². The molecule has 0 N–H and O–H groups in total. The second kappa shape index (κ2) is 4.01. The summed E-state index contributed by atoms with van der Waals surface area (Å²) in [7, 11) is 4.32. The van der Waals surface area contributed by atoms with Crippen molar-refractivity contribution in [1.82, 2.24) is 4.90 Å². The van der Waals surface area contributed by atoms with Crippen molar-refractivity contribution in [1.29, 1.82) is 0 Å². The summed E-state index contributed by atoms with van der Waals surface area (Å²) < 4.78 is 0. The van der Waals surface area contributed by atoms with E-state index in [0.717, 1.165) is 17.9 Å². The average molecular weight is 246 g/mol. The third kappa shape index (κ3) is 1.74. The van der Waals surface area contributed by atoms with Crippen LogP contribution in [0.5, 0.6) is 0 Å². The molecule has 0 aromatic heterocycles. The fraction of sp³-hybridized carbons (Fsp3) is 0.333. The first-order chi connectivity index (χ1) is 8.16. The van der Waals surface area contributed by atoms with Crippen LogP contribution < -0.4 is 0 Å². The lowest BCUT2D eigenvalue weighted by molar-refractivity contribution is 0.287. The van der Waals surface area contributed by atoms with E-state index < -0.39 is 0 Å². The van der Waals surface area contributed by atoms with Gasteiger partial charge in [-0.3, -0.25) is 0 Å². The molecule has 0 radical (unpaired) electrons. The van der Waals surface area contributed by atoms with Crippen LogP contribution in [0, 0.1) is 0 Å². The van der Waals surface area contributed by atoms with Gasteiger partial charge in [0.2, 0.25) is 0 Å². The molecule has 0 saturated carbocycles. The summed E-state index contributed by atoms with van der Waals surface area (Å²) in [5, 5.41) is 3.46. The lowest BCUT2D eigenvalue weighted by Crippen LogP contribution is -2.34. The number of hydrogen-bond acceptors (Lipinski definition) is 1. The fourth-order valence-electron chi connectivity index (χ4n) is 2.81. The SMILES string of the molecule is CN(C)C1Cc2cccc3c(Cl)ccc(c23)C1. The molecule has 2 heteroatoms. The summed E-state index contributed by atoms with van der Waals surface area (Å²) >= 11 is 6.27. The predicted molar refractivity (Wildman–Crippen MR) is 73.8 cm³/mol. The Balaban J connectivity index is 2.23. The van der Waals surface area contributed by atoms with Gasteiger partial charge in [-0.15, -0.1) is 0 Å². The molecule has 17 heavy (non-hydrogen) atoms. The van der Waals surface area contributed by atoms with Gasteiger partial charge in [0.1, 0.15) is 0 Å². The number of rotatable bonds is 1. The topological polar surface area (TPSA) is 3.24 Å². The van der Waals surface area contributed by atoms with Crippen LogP contribution in [0.3, 0.4) is 0 Å². The van der Waals surface area contributed by atoms with E-state index in [1.807, 2.05) is 6.07 Å². The number of nitrogens with zero attached hydrogens (tertiary/aromatic N) is 1. The van der Waals surface area contributed by atoms with Crippen LogP contribution in [-0.4, -0.2) is 25.0 Å². The Labute approximate surface area is 107 Å². The first-order valence-electron chi connectivity index (χ1n) is 6.02.